The number of aryl methyl sites for hydroxylation is 1. The van der Waals surface area contributed by atoms with E-state index in [2.05, 4.69) is 54.4 Å². The molecule has 0 saturated carbocycles. The highest BCUT2D eigenvalue weighted by Crippen LogP contribution is 2.35. The summed E-state index contributed by atoms with van der Waals surface area (Å²) in [5.41, 5.74) is 7.40. The predicted octanol–water partition coefficient (Wildman–Crippen LogP) is 6.42. The fraction of sp³-hybridized carbons (Fsp3) is 0.0417. The average Bonchev–Trinajstić information content (AvgIpc) is 3.06. The third-order valence-electron chi connectivity index (χ3n) is 4.79. The Kier molecular flexibility index (Phi) is 3.36. The quantitative estimate of drug-likeness (QED) is 0.372. The lowest BCUT2D eigenvalue weighted by Crippen LogP contribution is -1.86. The molecule has 0 aliphatic rings. The number of aromatic nitrogens is 1. The first-order valence-electron chi connectivity index (χ1n) is 8.64. The first kappa shape index (κ1) is 14.9. The zero-order valence-corrected chi connectivity index (χ0v) is 14.4. The maximum Gasteiger partial charge on any atom is 0.135 e. The summed E-state index contributed by atoms with van der Waals surface area (Å²) in [6.45, 7) is 2.09. The van der Waals surface area contributed by atoms with Crippen molar-refractivity contribution in [3.63, 3.8) is 0 Å². The molecule has 2 aromatic heterocycles. The fourth-order valence-corrected chi connectivity index (χ4v) is 3.47. The van der Waals surface area contributed by atoms with Gasteiger partial charge in [0.15, 0.2) is 0 Å². The lowest BCUT2D eigenvalue weighted by molar-refractivity contribution is 0.669. The molecule has 0 unspecified atom stereocenters. The summed E-state index contributed by atoms with van der Waals surface area (Å²) in [4.78, 5) is 4.55. The number of fused-ring (bicyclic) bond motifs is 3. The summed E-state index contributed by atoms with van der Waals surface area (Å²) < 4.78 is 6.04. The molecule has 0 aliphatic carbocycles. The van der Waals surface area contributed by atoms with Crippen LogP contribution in [0.5, 0.6) is 0 Å². The van der Waals surface area contributed by atoms with E-state index in [0.717, 1.165) is 44.3 Å². The fourth-order valence-electron chi connectivity index (χ4n) is 3.47. The summed E-state index contributed by atoms with van der Waals surface area (Å²) >= 11 is 0. The van der Waals surface area contributed by atoms with Crippen LogP contribution in [0, 0.1) is 13.0 Å². The minimum absolute atomic E-state index is 0.897. The first-order chi connectivity index (χ1) is 12.8. The number of furan rings is 1. The van der Waals surface area contributed by atoms with Crippen LogP contribution in [0.1, 0.15) is 5.56 Å². The molecule has 0 saturated heterocycles. The van der Waals surface area contributed by atoms with Crippen molar-refractivity contribution in [1.29, 1.82) is 0 Å². The third kappa shape index (κ3) is 2.39. The Balaban J connectivity index is 1.74. The summed E-state index contributed by atoms with van der Waals surface area (Å²) in [6, 6.07) is 27.8. The second-order valence-electron chi connectivity index (χ2n) is 6.48. The van der Waals surface area contributed by atoms with Crippen molar-refractivity contribution in [2.45, 2.75) is 6.92 Å². The van der Waals surface area contributed by atoms with Crippen LogP contribution in [0.25, 0.3) is 44.3 Å². The van der Waals surface area contributed by atoms with Gasteiger partial charge in [-0.1, -0.05) is 30.3 Å². The molecule has 3 aromatic carbocycles. The van der Waals surface area contributed by atoms with Gasteiger partial charge in [-0.25, -0.2) is 0 Å². The van der Waals surface area contributed by atoms with Gasteiger partial charge in [0.1, 0.15) is 11.2 Å². The van der Waals surface area contributed by atoms with Crippen LogP contribution in [0.2, 0.25) is 0 Å². The lowest BCUT2D eigenvalue weighted by atomic mass is 10.0. The van der Waals surface area contributed by atoms with Gasteiger partial charge in [0.2, 0.25) is 0 Å². The average molecular weight is 334 g/mol. The maximum absolute atomic E-state index is 6.04. The summed E-state index contributed by atoms with van der Waals surface area (Å²) in [5, 5.41) is 2.24. The van der Waals surface area contributed by atoms with Crippen LogP contribution in [0.4, 0.5) is 0 Å². The molecule has 0 spiro atoms. The van der Waals surface area contributed by atoms with E-state index < -0.39 is 0 Å². The number of pyridine rings is 1. The molecule has 5 rings (SSSR count). The molecule has 26 heavy (non-hydrogen) atoms. The van der Waals surface area contributed by atoms with Gasteiger partial charge in [-0.05, 0) is 72.1 Å². The van der Waals surface area contributed by atoms with Gasteiger partial charge in [-0.3, -0.25) is 4.98 Å². The third-order valence-corrected chi connectivity index (χ3v) is 4.79. The Morgan fingerprint density at radius 3 is 2.31 bits per heavy atom. The van der Waals surface area contributed by atoms with E-state index in [9.17, 15) is 0 Å². The van der Waals surface area contributed by atoms with Crippen molar-refractivity contribution in [3.05, 3.63) is 90.6 Å². The molecule has 2 heteroatoms. The van der Waals surface area contributed by atoms with Gasteiger partial charge in [0, 0.05) is 22.5 Å². The molecule has 0 fully saturated rings. The molecule has 123 valence electrons. The van der Waals surface area contributed by atoms with Crippen molar-refractivity contribution in [1.82, 2.24) is 4.98 Å². The zero-order chi connectivity index (χ0) is 17.5. The van der Waals surface area contributed by atoms with Crippen LogP contribution < -0.4 is 0 Å². The highest BCUT2D eigenvalue weighted by molar-refractivity contribution is 6.07. The molecule has 2 heterocycles. The van der Waals surface area contributed by atoms with Crippen molar-refractivity contribution >= 4 is 21.9 Å². The second kappa shape index (κ2) is 5.85. The molecule has 2 nitrogen and oxygen atoms in total. The smallest absolute Gasteiger partial charge is 0.135 e. The van der Waals surface area contributed by atoms with E-state index in [4.69, 9.17) is 4.42 Å². The Labute approximate surface area is 151 Å². The molecule has 0 N–H and O–H groups in total. The predicted molar refractivity (Wildman–Crippen MR) is 106 cm³/mol. The van der Waals surface area contributed by atoms with Crippen molar-refractivity contribution in [2.75, 3.05) is 0 Å². The Bertz CT molecular complexity index is 1240. The normalized spacial score (nSPS) is 11.3. The monoisotopic (exact) mass is 334 g/mol. The first-order valence-corrected chi connectivity index (χ1v) is 8.64. The van der Waals surface area contributed by atoms with Crippen molar-refractivity contribution in [3.8, 4) is 22.4 Å². The highest BCUT2D eigenvalue weighted by Gasteiger charge is 2.11. The molecule has 5 aromatic rings. The van der Waals surface area contributed by atoms with E-state index in [1.54, 1.807) is 0 Å². The van der Waals surface area contributed by atoms with E-state index in [1.165, 1.54) is 5.56 Å². The molecule has 0 aliphatic heterocycles. The van der Waals surface area contributed by atoms with Gasteiger partial charge < -0.3 is 4.42 Å². The van der Waals surface area contributed by atoms with Crippen molar-refractivity contribution in [2.24, 2.45) is 0 Å². The molecule has 0 bridgehead atoms. The SMILES string of the molecule is Cc1cccnc1-c1ccc2oc3ccc(-c4c[c]ccc4)cc3c2c1. The standard InChI is InChI=1S/C24H16NO/c1-16-6-5-13-25-24(16)19-10-12-23-21(15-19)20-14-18(9-11-22(20)26-23)17-7-3-2-4-8-17/h2-3,5-15H,1H3. The number of hydrogen-bond donors (Lipinski definition) is 0. The zero-order valence-electron chi connectivity index (χ0n) is 14.4. The Morgan fingerprint density at radius 1 is 0.808 bits per heavy atom. The molecular formula is C24H16NO. The number of hydrogen-bond acceptors (Lipinski definition) is 2. The Hall–Kier alpha value is -3.39. The highest BCUT2D eigenvalue weighted by atomic mass is 16.3. The largest absolute Gasteiger partial charge is 0.456 e. The minimum Gasteiger partial charge on any atom is -0.456 e. The molecular weight excluding hydrogens is 318 g/mol. The van der Waals surface area contributed by atoms with Crippen LogP contribution in [0.15, 0.2) is 83.4 Å². The maximum atomic E-state index is 6.04. The lowest BCUT2D eigenvalue weighted by Gasteiger charge is -2.04. The molecule has 0 amide bonds. The second-order valence-corrected chi connectivity index (χ2v) is 6.48. The van der Waals surface area contributed by atoms with Crippen LogP contribution in [-0.4, -0.2) is 4.98 Å². The van der Waals surface area contributed by atoms with Crippen LogP contribution >= 0.6 is 0 Å². The van der Waals surface area contributed by atoms with E-state index in [0.29, 0.717) is 0 Å². The molecule has 0 atom stereocenters. The minimum atomic E-state index is 0.897. The number of nitrogens with zero attached hydrogens (tertiary/aromatic N) is 1. The summed E-state index contributed by atoms with van der Waals surface area (Å²) in [7, 11) is 0. The van der Waals surface area contributed by atoms with Crippen LogP contribution in [-0.2, 0) is 0 Å². The Morgan fingerprint density at radius 2 is 1.58 bits per heavy atom. The topological polar surface area (TPSA) is 26.0 Å². The number of benzene rings is 3. The number of rotatable bonds is 2. The van der Waals surface area contributed by atoms with Gasteiger partial charge in [0.05, 0.1) is 5.69 Å². The summed E-state index contributed by atoms with van der Waals surface area (Å²) in [5.74, 6) is 0. The summed E-state index contributed by atoms with van der Waals surface area (Å²) in [6.07, 6.45) is 1.84. The van der Waals surface area contributed by atoms with Gasteiger partial charge in [0.25, 0.3) is 0 Å². The van der Waals surface area contributed by atoms with Crippen LogP contribution in [0.3, 0.4) is 0 Å². The van der Waals surface area contributed by atoms with E-state index in [-0.39, 0.29) is 0 Å². The van der Waals surface area contributed by atoms with Gasteiger partial charge >= 0.3 is 0 Å². The van der Waals surface area contributed by atoms with Crippen molar-refractivity contribution < 1.29 is 4.42 Å². The molecule has 1 radical (unpaired) electrons. The van der Waals surface area contributed by atoms with Gasteiger partial charge in [-0.2, -0.15) is 0 Å². The van der Waals surface area contributed by atoms with Gasteiger partial charge in [-0.15, -0.1) is 0 Å². The van der Waals surface area contributed by atoms with E-state index in [1.807, 2.05) is 42.6 Å². The van der Waals surface area contributed by atoms with E-state index >= 15 is 0 Å².